The van der Waals surface area contributed by atoms with Gasteiger partial charge < -0.3 is 10.0 Å². The number of anilines is 2. The monoisotopic (exact) mass is 351 g/mol. The third-order valence-electron chi connectivity index (χ3n) is 3.76. The molecule has 2 N–H and O–H groups in total. The fourth-order valence-corrected chi connectivity index (χ4v) is 2.43. The van der Waals surface area contributed by atoms with Crippen LogP contribution in [0.3, 0.4) is 0 Å². The molecule has 25 heavy (non-hydrogen) atoms. The zero-order valence-corrected chi connectivity index (χ0v) is 14.0. The number of aromatic hydroxyl groups is 1. The van der Waals surface area contributed by atoms with Crippen molar-refractivity contribution in [2.75, 3.05) is 23.4 Å². The predicted molar refractivity (Wildman–Crippen MR) is 94.3 cm³/mol. The second-order valence-electron chi connectivity index (χ2n) is 5.33. The first-order chi connectivity index (χ1) is 11.9. The molecule has 0 atom stereocenters. The molecule has 0 bridgehead atoms. The van der Waals surface area contributed by atoms with Crippen LogP contribution < -0.4 is 10.3 Å². The fraction of sp³-hybridized carbons (Fsp3) is 0.278. The number of phenolic OH excluding ortho intramolecular Hbond substituents is 1. The predicted octanol–water partition coefficient (Wildman–Crippen LogP) is 4.70. The van der Waals surface area contributed by atoms with Crippen LogP contribution in [0, 0.1) is 0 Å². The van der Waals surface area contributed by atoms with E-state index in [0.29, 0.717) is 5.56 Å². The lowest BCUT2D eigenvalue weighted by Gasteiger charge is -2.21. The number of para-hydroxylation sites is 1. The average Bonchev–Trinajstić information content (AvgIpc) is 2.57. The third-order valence-corrected chi connectivity index (χ3v) is 3.76. The molecule has 2 aromatic rings. The van der Waals surface area contributed by atoms with Gasteiger partial charge in [0, 0.05) is 30.4 Å². The van der Waals surface area contributed by atoms with Crippen molar-refractivity contribution in [3.63, 3.8) is 0 Å². The van der Waals surface area contributed by atoms with Crippen molar-refractivity contribution < 1.29 is 18.3 Å². The molecule has 0 saturated heterocycles. The Kier molecular flexibility index (Phi) is 5.90. The highest BCUT2D eigenvalue weighted by atomic mass is 19.4. The summed E-state index contributed by atoms with van der Waals surface area (Å²) in [5.41, 5.74) is 2.72. The van der Waals surface area contributed by atoms with Crippen molar-refractivity contribution in [1.29, 1.82) is 0 Å². The maximum Gasteiger partial charge on any atom is 0.418 e. The molecule has 2 aromatic carbocycles. The standard InChI is InChI=1S/C18H20F3N3O/c1-3-24(4-2)14-10-9-13(17(25)11-14)12-22-23-16-8-6-5-7-15(16)18(19,20)21/h5-12,23,25H,3-4H2,1-2H3/b22-12+. The van der Waals surface area contributed by atoms with Gasteiger partial charge >= 0.3 is 6.18 Å². The van der Waals surface area contributed by atoms with Crippen molar-refractivity contribution in [3.05, 3.63) is 53.6 Å². The topological polar surface area (TPSA) is 47.9 Å². The number of nitrogens with one attached hydrogen (secondary N) is 1. The van der Waals surface area contributed by atoms with Crippen molar-refractivity contribution >= 4 is 17.6 Å². The fourth-order valence-electron chi connectivity index (χ4n) is 2.43. The van der Waals surface area contributed by atoms with Gasteiger partial charge in [-0.25, -0.2) is 0 Å². The highest BCUT2D eigenvalue weighted by Crippen LogP contribution is 2.34. The molecule has 0 aliphatic rings. The summed E-state index contributed by atoms with van der Waals surface area (Å²) >= 11 is 0. The van der Waals surface area contributed by atoms with Crippen LogP contribution >= 0.6 is 0 Å². The van der Waals surface area contributed by atoms with E-state index in [1.54, 1.807) is 12.1 Å². The Hall–Kier alpha value is -2.70. The highest BCUT2D eigenvalue weighted by molar-refractivity contribution is 5.85. The maximum atomic E-state index is 12.9. The van der Waals surface area contributed by atoms with Crippen LogP contribution in [0.2, 0.25) is 0 Å². The minimum atomic E-state index is -4.47. The number of halogens is 3. The number of benzene rings is 2. The van der Waals surface area contributed by atoms with Gasteiger partial charge in [0.2, 0.25) is 0 Å². The highest BCUT2D eigenvalue weighted by Gasteiger charge is 2.33. The largest absolute Gasteiger partial charge is 0.507 e. The van der Waals surface area contributed by atoms with Crippen molar-refractivity contribution in [1.82, 2.24) is 0 Å². The van der Waals surface area contributed by atoms with E-state index >= 15 is 0 Å². The number of nitrogens with zero attached hydrogens (tertiary/aromatic N) is 2. The van der Waals surface area contributed by atoms with Gasteiger partial charge in [0.25, 0.3) is 0 Å². The van der Waals surface area contributed by atoms with Gasteiger partial charge in [0.05, 0.1) is 17.5 Å². The molecule has 2 rings (SSSR count). The van der Waals surface area contributed by atoms with Gasteiger partial charge in [-0.05, 0) is 38.1 Å². The van der Waals surface area contributed by atoms with Gasteiger partial charge in [0.15, 0.2) is 0 Å². The van der Waals surface area contributed by atoms with Gasteiger partial charge in [0.1, 0.15) is 5.75 Å². The number of hydrogen-bond acceptors (Lipinski definition) is 4. The first-order valence-corrected chi connectivity index (χ1v) is 7.90. The van der Waals surface area contributed by atoms with Gasteiger partial charge in [-0.3, -0.25) is 5.43 Å². The van der Waals surface area contributed by atoms with Crippen molar-refractivity contribution in [2.45, 2.75) is 20.0 Å². The molecule has 0 aliphatic carbocycles. The number of alkyl halides is 3. The third kappa shape index (κ3) is 4.65. The summed E-state index contributed by atoms with van der Waals surface area (Å²) in [6.45, 7) is 5.63. The summed E-state index contributed by atoms with van der Waals surface area (Å²) in [7, 11) is 0. The lowest BCUT2D eigenvalue weighted by atomic mass is 10.1. The Labute approximate surface area is 144 Å². The number of hydrazone groups is 1. The molecule has 0 spiro atoms. The second-order valence-corrected chi connectivity index (χ2v) is 5.33. The van der Waals surface area contributed by atoms with Gasteiger partial charge in [-0.15, -0.1) is 0 Å². The lowest BCUT2D eigenvalue weighted by Crippen LogP contribution is -2.21. The van der Waals surface area contributed by atoms with Crippen LogP contribution in [0.15, 0.2) is 47.6 Å². The number of phenols is 1. The smallest absolute Gasteiger partial charge is 0.418 e. The van der Waals surface area contributed by atoms with Crippen LogP contribution in [0.4, 0.5) is 24.5 Å². The maximum absolute atomic E-state index is 12.9. The SMILES string of the molecule is CCN(CC)c1ccc(/C=N/Nc2ccccc2C(F)(F)F)c(O)c1. The summed E-state index contributed by atoms with van der Waals surface area (Å²) in [4.78, 5) is 2.07. The zero-order valence-electron chi connectivity index (χ0n) is 14.0. The van der Waals surface area contributed by atoms with E-state index in [1.165, 1.54) is 24.4 Å². The first kappa shape index (κ1) is 18.6. The molecular weight excluding hydrogens is 331 g/mol. The normalized spacial score (nSPS) is 11.7. The van der Waals surface area contributed by atoms with Gasteiger partial charge in [-0.2, -0.15) is 18.3 Å². The average molecular weight is 351 g/mol. The molecule has 0 amide bonds. The van der Waals surface area contributed by atoms with Crippen LogP contribution in [-0.2, 0) is 6.18 Å². The Balaban J connectivity index is 2.16. The summed E-state index contributed by atoms with van der Waals surface area (Å²) in [6, 6.07) is 10.2. The van der Waals surface area contributed by atoms with Crippen molar-refractivity contribution in [2.24, 2.45) is 5.10 Å². The minimum absolute atomic E-state index is 0.0130. The van der Waals surface area contributed by atoms with E-state index in [0.717, 1.165) is 24.8 Å². The quantitative estimate of drug-likeness (QED) is 0.586. The molecule has 0 heterocycles. The Morgan fingerprint density at radius 1 is 1.12 bits per heavy atom. The van der Waals surface area contributed by atoms with E-state index < -0.39 is 11.7 Å². The molecular formula is C18H20F3N3O. The van der Waals surface area contributed by atoms with Crippen LogP contribution in [0.25, 0.3) is 0 Å². The molecule has 7 heteroatoms. The molecule has 0 radical (unpaired) electrons. The van der Waals surface area contributed by atoms with Gasteiger partial charge in [-0.1, -0.05) is 12.1 Å². The first-order valence-electron chi connectivity index (χ1n) is 7.90. The van der Waals surface area contributed by atoms with Crippen LogP contribution in [0.1, 0.15) is 25.0 Å². The second kappa shape index (κ2) is 7.92. The summed E-state index contributed by atoms with van der Waals surface area (Å²) in [5.74, 6) is 0.0130. The molecule has 0 aromatic heterocycles. The number of hydrogen-bond donors (Lipinski definition) is 2. The van der Waals surface area contributed by atoms with Crippen molar-refractivity contribution in [3.8, 4) is 5.75 Å². The molecule has 0 unspecified atom stereocenters. The molecule has 0 saturated carbocycles. The van der Waals surface area contributed by atoms with E-state index in [1.807, 2.05) is 19.9 Å². The molecule has 134 valence electrons. The molecule has 0 fully saturated rings. The lowest BCUT2D eigenvalue weighted by molar-refractivity contribution is -0.136. The minimum Gasteiger partial charge on any atom is -0.507 e. The van der Waals surface area contributed by atoms with E-state index in [4.69, 9.17) is 0 Å². The zero-order chi connectivity index (χ0) is 18.4. The van der Waals surface area contributed by atoms with E-state index in [-0.39, 0.29) is 11.4 Å². The summed E-state index contributed by atoms with van der Waals surface area (Å²) in [5, 5.41) is 13.9. The van der Waals surface area contributed by atoms with E-state index in [2.05, 4.69) is 15.4 Å². The molecule has 0 aliphatic heterocycles. The summed E-state index contributed by atoms with van der Waals surface area (Å²) in [6.07, 6.45) is -3.18. The van der Waals surface area contributed by atoms with Crippen LogP contribution in [-0.4, -0.2) is 24.4 Å². The van der Waals surface area contributed by atoms with Crippen LogP contribution in [0.5, 0.6) is 5.75 Å². The Morgan fingerprint density at radius 2 is 1.80 bits per heavy atom. The Bertz CT molecular complexity index is 741. The van der Waals surface area contributed by atoms with E-state index in [9.17, 15) is 18.3 Å². The molecule has 4 nitrogen and oxygen atoms in total. The summed E-state index contributed by atoms with van der Waals surface area (Å²) < 4.78 is 38.7. The number of rotatable bonds is 6. The Morgan fingerprint density at radius 3 is 2.40 bits per heavy atom.